The van der Waals surface area contributed by atoms with E-state index in [4.69, 9.17) is 11.8 Å². The normalized spacial score (nSPS) is 15.6. The highest BCUT2D eigenvalue weighted by atomic mass is 35.5. The van der Waals surface area contributed by atoms with Crippen LogP contribution in [0.2, 0.25) is 0 Å². The molecule has 0 aromatic heterocycles. The average Bonchev–Trinajstić information content (AvgIpc) is 1.86. The van der Waals surface area contributed by atoms with E-state index in [-0.39, 0.29) is 0 Å². The van der Waals surface area contributed by atoms with Crippen LogP contribution in [0.3, 0.4) is 0 Å². The van der Waals surface area contributed by atoms with E-state index in [1.165, 1.54) is 4.24 Å². The molecule has 1 N–H and O–H groups in total. The van der Waals surface area contributed by atoms with Crippen LogP contribution in [0.5, 0.6) is 0 Å². The molecule has 0 heterocycles. The van der Waals surface area contributed by atoms with Gasteiger partial charge in [-0.2, -0.15) is 8.42 Å². The van der Waals surface area contributed by atoms with Crippen LogP contribution >= 0.6 is 23.6 Å². The third-order valence-corrected chi connectivity index (χ3v) is 3.63. The fraction of sp³-hybridized carbons (Fsp3) is 0. The van der Waals surface area contributed by atoms with Crippen LogP contribution in [0.4, 0.5) is 0 Å². The van der Waals surface area contributed by atoms with E-state index >= 15 is 0 Å². The summed E-state index contributed by atoms with van der Waals surface area (Å²) in [5.41, 5.74) is 0. The third-order valence-electron chi connectivity index (χ3n) is 0.404. The Labute approximate surface area is 69.9 Å². The molecule has 10 heavy (non-hydrogen) atoms. The Morgan fingerprint density at radius 2 is 2.00 bits per heavy atom. The maximum Gasteiger partial charge on any atom is 0.317 e. The first-order valence-corrected chi connectivity index (χ1v) is 4.78. The van der Waals surface area contributed by atoms with Crippen molar-refractivity contribution in [2.45, 2.75) is 0 Å². The van der Waals surface area contributed by atoms with E-state index < -0.39 is 24.7 Å². The summed E-state index contributed by atoms with van der Waals surface area (Å²) in [5, 5.41) is 0. The molecule has 0 saturated carbocycles. The third kappa shape index (κ3) is 2.66. The van der Waals surface area contributed by atoms with Gasteiger partial charge in [0.05, 0.1) is 11.3 Å². The zero-order chi connectivity index (χ0) is 8.36. The molecule has 0 aromatic carbocycles. The van der Waals surface area contributed by atoms with E-state index in [0.717, 1.165) is 0 Å². The highest BCUT2D eigenvalue weighted by molar-refractivity contribution is 8.00. The first kappa shape index (κ1) is 10.6. The molecule has 0 radical (unpaired) electrons. The van der Waals surface area contributed by atoms with E-state index in [9.17, 15) is 17.2 Å². The quantitative estimate of drug-likeness (QED) is 0.507. The van der Waals surface area contributed by atoms with Crippen LogP contribution in [0, 0.1) is 0 Å². The van der Waals surface area contributed by atoms with Crippen molar-refractivity contribution in [3.05, 3.63) is 0 Å². The SMILES string of the molecule is O=S([O-])N(Cl)S(=O)(=O)NCl. The molecule has 0 amide bonds. The Kier molecular flexibility index (Phi) is 4.02. The maximum atomic E-state index is 10.3. The molecule has 0 fully saturated rings. The maximum absolute atomic E-state index is 10.3. The lowest BCUT2D eigenvalue weighted by atomic mass is 13.8. The summed E-state index contributed by atoms with van der Waals surface area (Å²) < 4.78 is 40.9. The summed E-state index contributed by atoms with van der Waals surface area (Å²) >= 11 is 6.22. The van der Waals surface area contributed by atoms with Gasteiger partial charge >= 0.3 is 10.2 Å². The fourth-order valence-corrected chi connectivity index (χ4v) is 1.45. The fourth-order valence-electron chi connectivity index (χ4n) is 0.107. The van der Waals surface area contributed by atoms with Crippen molar-refractivity contribution >= 4 is 45.0 Å². The van der Waals surface area contributed by atoms with Crippen molar-refractivity contribution in [2.24, 2.45) is 0 Å². The predicted octanol–water partition coefficient (Wildman–Crippen LogP) is -0.775. The second kappa shape index (κ2) is 3.81. The summed E-state index contributed by atoms with van der Waals surface area (Å²) in [7, 11) is -4.30. The number of halogens is 2. The lowest BCUT2D eigenvalue weighted by Crippen LogP contribution is -2.30. The van der Waals surface area contributed by atoms with Crippen LogP contribution in [-0.2, 0) is 21.5 Å². The van der Waals surface area contributed by atoms with Gasteiger partial charge in [-0.05, 0) is 15.0 Å². The molecule has 1 atom stereocenters. The van der Waals surface area contributed by atoms with E-state index in [2.05, 4.69) is 11.8 Å². The zero-order valence-corrected chi connectivity index (χ0v) is 7.30. The molecule has 0 aliphatic carbocycles. The zero-order valence-electron chi connectivity index (χ0n) is 4.15. The molecule has 62 valence electrons. The molecule has 0 rings (SSSR count). The number of rotatable bonds is 3. The molecule has 10 heteroatoms. The second-order valence-electron chi connectivity index (χ2n) is 0.982. The summed E-state index contributed by atoms with van der Waals surface area (Å²) in [6.45, 7) is 0. The van der Waals surface area contributed by atoms with Gasteiger partial charge < -0.3 is 4.55 Å². The van der Waals surface area contributed by atoms with Gasteiger partial charge in [-0.1, -0.05) is 0 Å². The van der Waals surface area contributed by atoms with Crippen LogP contribution in [0.25, 0.3) is 0 Å². The van der Waals surface area contributed by atoms with Crippen LogP contribution < -0.4 is 4.24 Å². The molecule has 0 aliphatic rings. The number of hydrogen-bond donors (Lipinski definition) is 1. The Morgan fingerprint density at radius 1 is 1.60 bits per heavy atom. The molecule has 6 nitrogen and oxygen atoms in total. The minimum absolute atomic E-state index is 0.472. The summed E-state index contributed by atoms with van der Waals surface area (Å²) in [6, 6.07) is 0. The minimum Gasteiger partial charge on any atom is -0.758 e. The Balaban J connectivity index is 4.51. The van der Waals surface area contributed by atoms with E-state index in [0.29, 0.717) is 0 Å². The highest BCUT2D eigenvalue weighted by Crippen LogP contribution is 2.04. The standard InChI is InChI=1S/Cl2H2N2O4S2/c1-3-10(7,8)4(2)9(5)6/h3H,(H,5,6)/p-1. The smallest absolute Gasteiger partial charge is 0.317 e. The van der Waals surface area contributed by atoms with Gasteiger partial charge in [0, 0.05) is 11.8 Å². The van der Waals surface area contributed by atoms with Gasteiger partial charge in [-0.25, -0.2) is 0 Å². The predicted molar refractivity (Wildman–Crippen MR) is 34.5 cm³/mol. The molecule has 0 aromatic rings. The topological polar surface area (TPSA) is 89.5 Å². The molecule has 0 saturated heterocycles. The largest absolute Gasteiger partial charge is 0.758 e. The van der Waals surface area contributed by atoms with Gasteiger partial charge in [0.2, 0.25) is 0 Å². The first-order valence-electron chi connectivity index (χ1n) is 1.59. The van der Waals surface area contributed by atoms with Crippen LogP contribution in [-0.4, -0.2) is 20.4 Å². The Bertz CT molecular complexity index is 221. The Morgan fingerprint density at radius 3 is 2.10 bits per heavy atom. The average molecular weight is 228 g/mol. The summed E-state index contributed by atoms with van der Waals surface area (Å²) in [6.07, 6.45) is 0. The van der Waals surface area contributed by atoms with Gasteiger partial charge in [0.25, 0.3) is 0 Å². The van der Waals surface area contributed by atoms with Crippen molar-refractivity contribution < 1.29 is 17.2 Å². The van der Waals surface area contributed by atoms with E-state index in [1.807, 2.05) is 0 Å². The molecular formula is HCl2N2O4S2-. The van der Waals surface area contributed by atoms with E-state index in [1.54, 1.807) is 0 Å². The lowest BCUT2D eigenvalue weighted by molar-refractivity contribution is 0.508. The van der Waals surface area contributed by atoms with Gasteiger partial charge in [-0.3, -0.25) is 4.21 Å². The van der Waals surface area contributed by atoms with Crippen molar-refractivity contribution in [1.29, 1.82) is 0 Å². The van der Waals surface area contributed by atoms with Gasteiger partial charge in [0.1, 0.15) is 0 Å². The number of nitrogens with zero attached hydrogens (tertiary/aromatic N) is 1. The molecule has 1 unspecified atom stereocenters. The van der Waals surface area contributed by atoms with Crippen LogP contribution in [0.1, 0.15) is 0 Å². The molecule has 0 spiro atoms. The lowest BCUT2D eigenvalue weighted by Gasteiger charge is -2.12. The second-order valence-corrected chi connectivity index (χ2v) is 4.68. The minimum atomic E-state index is -4.30. The molecule has 0 bridgehead atoms. The summed E-state index contributed by atoms with van der Waals surface area (Å²) in [4.78, 5) is 0. The van der Waals surface area contributed by atoms with Crippen molar-refractivity contribution in [3.63, 3.8) is 0 Å². The monoisotopic (exact) mass is 227 g/mol. The van der Waals surface area contributed by atoms with Gasteiger partial charge in [-0.15, -0.1) is 4.24 Å². The van der Waals surface area contributed by atoms with Crippen molar-refractivity contribution in [1.82, 2.24) is 7.47 Å². The van der Waals surface area contributed by atoms with Crippen molar-refractivity contribution in [2.75, 3.05) is 0 Å². The molecular weight excluding hydrogens is 227 g/mol. The van der Waals surface area contributed by atoms with Crippen molar-refractivity contribution in [3.8, 4) is 0 Å². The van der Waals surface area contributed by atoms with Gasteiger partial charge in [0.15, 0.2) is 0 Å². The first-order chi connectivity index (χ1) is 4.41. The number of hydrogen-bond acceptors (Lipinski definition) is 4. The highest BCUT2D eigenvalue weighted by Gasteiger charge is 2.19. The Hall–Kier alpha value is 0.560. The summed E-state index contributed by atoms with van der Waals surface area (Å²) in [5.74, 6) is 0. The number of nitrogens with one attached hydrogen (secondary N) is 1. The molecule has 0 aliphatic heterocycles. The van der Waals surface area contributed by atoms with Crippen LogP contribution in [0.15, 0.2) is 0 Å².